The number of nitrogens with one attached hydrogen (secondary N) is 3. The smallest absolute Gasteiger partial charge is 0.235 e. The first-order chi connectivity index (χ1) is 12.1. The van der Waals surface area contributed by atoms with E-state index in [9.17, 15) is 9.59 Å². The van der Waals surface area contributed by atoms with E-state index in [1.807, 2.05) is 0 Å². The van der Waals surface area contributed by atoms with Crippen molar-refractivity contribution in [1.29, 1.82) is 0 Å². The van der Waals surface area contributed by atoms with Gasteiger partial charge in [0.25, 0.3) is 0 Å². The molecule has 2 amide bonds. The van der Waals surface area contributed by atoms with Gasteiger partial charge in [0.2, 0.25) is 11.8 Å². The van der Waals surface area contributed by atoms with Crippen LogP contribution in [-0.2, 0) is 9.59 Å². The monoisotopic (exact) mass is 368 g/mol. The number of aromatic nitrogens is 1. The Hall–Kier alpha value is -1.54. The Kier molecular flexibility index (Phi) is 8.82. The number of rotatable bonds is 9. The first-order valence-corrected chi connectivity index (χ1v) is 10.1. The first kappa shape index (κ1) is 19.8. The molecular weight excluding hydrogens is 340 g/mol. The van der Waals surface area contributed by atoms with Crippen LogP contribution in [0.5, 0.6) is 0 Å². The molecule has 0 atom stereocenters. The Morgan fingerprint density at radius 2 is 1.88 bits per heavy atom. The molecule has 0 aliphatic heterocycles. The molecule has 0 bridgehead atoms. The van der Waals surface area contributed by atoms with Gasteiger partial charge in [0.15, 0.2) is 5.82 Å². The molecular formula is C17H28N4O3S. The van der Waals surface area contributed by atoms with Crippen molar-refractivity contribution in [2.45, 2.75) is 51.5 Å². The van der Waals surface area contributed by atoms with Gasteiger partial charge < -0.3 is 20.5 Å². The lowest BCUT2D eigenvalue weighted by molar-refractivity contribution is -0.118. The third-order valence-electron chi connectivity index (χ3n) is 4.10. The Bertz CT molecular complexity index is 542. The molecule has 0 radical (unpaired) electrons. The predicted octanol–water partition coefficient (Wildman–Crippen LogP) is 2.08. The fourth-order valence-corrected chi connectivity index (χ4v) is 3.50. The number of hydrogen-bond donors (Lipinski definition) is 3. The molecule has 3 N–H and O–H groups in total. The second kappa shape index (κ2) is 11.1. The average molecular weight is 369 g/mol. The summed E-state index contributed by atoms with van der Waals surface area (Å²) in [6, 6.07) is 2.24. The molecule has 0 saturated heterocycles. The number of amides is 2. The predicted molar refractivity (Wildman–Crippen MR) is 99.7 cm³/mol. The van der Waals surface area contributed by atoms with Crippen molar-refractivity contribution in [2.75, 3.05) is 29.9 Å². The van der Waals surface area contributed by atoms with Gasteiger partial charge in [-0.05, 0) is 19.8 Å². The molecule has 140 valence electrons. The molecule has 1 aromatic heterocycles. The van der Waals surface area contributed by atoms with Crippen molar-refractivity contribution < 1.29 is 14.1 Å². The Morgan fingerprint density at radius 1 is 1.16 bits per heavy atom. The van der Waals surface area contributed by atoms with Crippen molar-refractivity contribution in [2.24, 2.45) is 0 Å². The van der Waals surface area contributed by atoms with E-state index in [0.717, 1.165) is 6.54 Å². The third-order valence-corrected chi connectivity index (χ3v) is 5.03. The third kappa shape index (κ3) is 8.40. The second-order valence-electron chi connectivity index (χ2n) is 6.36. The molecule has 0 spiro atoms. The van der Waals surface area contributed by atoms with E-state index >= 15 is 0 Å². The van der Waals surface area contributed by atoms with Crippen LogP contribution in [0.3, 0.4) is 0 Å². The van der Waals surface area contributed by atoms with Crippen molar-refractivity contribution in [3.8, 4) is 0 Å². The average Bonchev–Trinajstić information content (AvgIpc) is 2.83. The lowest BCUT2D eigenvalue weighted by Gasteiger charge is -2.16. The zero-order valence-electron chi connectivity index (χ0n) is 14.8. The van der Waals surface area contributed by atoms with Gasteiger partial charge in [0, 0.05) is 25.2 Å². The van der Waals surface area contributed by atoms with Crippen LogP contribution >= 0.6 is 11.8 Å². The van der Waals surface area contributed by atoms with E-state index in [4.69, 9.17) is 4.52 Å². The van der Waals surface area contributed by atoms with Crippen LogP contribution in [-0.4, -0.2) is 47.6 Å². The largest absolute Gasteiger partial charge is 0.360 e. The number of carbonyl (C=O) groups excluding carboxylic acids is 2. The Balaban J connectivity index is 1.48. The van der Waals surface area contributed by atoms with Gasteiger partial charge in [-0.25, -0.2) is 0 Å². The summed E-state index contributed by atoms with van der Waals surface area (Å²) in [4.78, 5) is 23.5. The van der Waals surface area contributed by atoms with Crippen molar-refractivity contribution in [3.63, 3.8) is 0 Å². The molecule has 1 fully saturated rings. The highest BCUT2D eigenvalue weighted by Crippen LogP contribution is 2.16. The van der Waals surface area contributed by atoms with Gasteiger partial charge in [-0.1, -0.05) is 30.8 Å². The van der Waals surface area contributed by atoms with Crippen LogP contribution < -0.4 is 16.0 Å². The number of hydrogen-bond acceptors (Lipinski definition) is 6. The summed E-state index contributed by atoms with van der Waals surface area (Å²) < 4.78 is 4.87. The molecule has 1 heterocycles. The summed E-state index contributed by atoms with van der Waals surface area (Å²) >= 11 is 1.28. The minimum atomic E-state index is -0.193. The van der Waals surface area contributed by atoms with Crippen molar-refractivity contribution in [3.05, 3.63) is 11.8 Å². The lowest BCUT2D eigenvalue weighted by Crippen LogP contribution is -2.37. The van der Waals surface area contributed by atoms with E-state index in [2.05, 4.69) is 21.1 Å². The zero-order valence-corrected chi connectivity index (χ0v) is 15.6. The molecule has 0 aromatic carbocycles. The van der Waals surface area contributed by atoms with E-state index in [1.54, 1.807) is 13.0 Å². The molecule has 1 aromatic rings. The SMILES string of the molecule is Cc1cc(NC(=O)CSCC(=O)NCCNC2CCCCCC2)no1. The Labute approximate surface area is 153 Å². The zero-order chi connectivity index (χ0) is 17.9. The van der Waals surface area contributed by atoms with E-state index in [-0.39, 0.29) is 23.3 Å². The summed E-state index contributed by atoms with van der Waals surface area (Å²) in [5.74, 6) is 1.28. The van der Waals surface area contributed by atoms with Crippen molar-refractivity contribution in [1.82, 2.24) is 15.8 Å². The van der Waals surface area contributed by atoms with Crippen LogP contribution in [0, 0.1) is 6.92 Å². The summed E-state index contributed by atoms with van der Waals surface area (Å²) in [6.45, 7) is 3.18. The fourth-order valence-electron chi connectivity index (χ4n) is 2.85. The minimum absolute atomic E-state index is 0.0438. The maximum atomic E-state index is 11.8. The van der Waals surface area contributed by atoms with Gasteiger partial charge in [-0.3, -0.25) is 9.59 Å². The van der Waals surface area contributed by atoms with Crippen LogP contribution in [0.4, 0.5) is 5.82 Å². The summed E-state index contributed by atoms with van der Waals surface area (Å²) in [7, 11) is 0. The summed E-state index contributed by atoms with van der Waals surface area (Å²) in [5.41, 5.74) is 0. The normalized spacial score (nSPS) is 15.6. The second-order valence-corrected chi connectivity index (χ2v) is 7.34. The maximum Gasteiger partial charge on any atom is 0.235 e. The molecule has 1 aliphatic rings. The van der Waals surface area contributed by atoms with E-state index < -0.39 is 0 Å². The van der Waals surface area contributed by atoms with Gasteiger partial charge in [-0.2, -0.15) is 0 Å². The molecule has 1 aliphatic carbocycles. The van der Waals surface area contributed by atoms with Gasteiger partial charge in [-0.15, -0.1) is 11.8 Å². The topological polar surface area (TPSA) is 96.3 Å². The molecule has 0 unspecified atom stereocenters. The summed E-state index contributed by atoms with van der Waals surface area (Å²) in [5, 5.41) is 12.7. The van der Waals surface area contributed by atoms with Gasteiger partial charge in [0.1, 0.15) is 5.76 Å². The highest BCUT2D eigenvalue weighted by Gasteiger charge is 2.11. The van der Waals surface area contributed by atoms with Crippen molar-refractivity contribution >= 4 is 29.4 Å². The highest BCUT2D eigenvalue weighted by molar-refractivity contribution is 8.00. The number of anilines is 1. The number of aryl methyl sites for hydroxylation is 1. The highest BCUT2D eigenvalue weighted by atomic mass is 32.2. The van der Waals surface area contributed by atoms with Gasteiger partial charge >= 0.3 is 0 Å². The number of carbonyl (C=O) groups is 2. The minimum Gasteiger partial charge on any atom is -0.360 e. The molecule has 1 saturated carbocycles. The first-order valence-electron chi connectivity index (χ1n) is 8.94. The van der Waals surface area contributed by atoms with E-state index in [0.29, 0.717) is 24.2 Å². The maximum absolute atomic E-state index is 11.8. The molecule has 25 heavy (non-hydrogen) atoms. The molecule has 8 heteroatoms. The Morgan fingerprint density at radius 3 is 2.56 bits per heavy atom. The van der Waals surface area contributed by atoms with E-state index in [1.165, 1.54) is 50.3 Å². The van der Waals surface area contributed by atoms with Crippen LogP contribution in [0.2, 0.25) is 0 Å². The molecule has 7 nitrogen and oxygen atoms in total. The summed E-state index contributed by atoms with van der Waals surface area (Å²) in [6.07, 6.45) is 7.77. The quantitative estimate of drug-likeness (QED) is 0.456. The number of nitrogens with zero attached hydrogens (tertiary/aromatic N) is 1. The fraction of sp³-hybridized carbons (Fsp3) is 0.706. The molecule has 2 rings (SSSR count). The van der Waals surface area contributed by atoms with Crippen LogP contribution in [0.1, 0.15) is 44.3 Å². The van der Waals surface area contributed by atoms with Gasteiger partial charge in [0.05, 0.1) is 11.5 Å². The van der Waals surface area contributed by atoms with Crippen LogP contribution in [0.25, 0.3) is 0 Å². The van der Waals surface area contributed by atoms with Crippen LogP contribution in [0.15, 0.2) is 10.6 Å². The number of thioether (sulfide) groups is 1. The standard InChI is InChI=1S/C17H28N4O3S/c1-13-10-15(21-24-13)20-17(23)12-25-11-16(22)19-9-8-18-14-6-4-2-3-5-7-14/h10,14,18H,2-9,11-12H2,1H3,(H,19,22)(H,20,21,23). The lowest BCUT2D eigenvalue weighted by atomic mass is 10.1.